The van der Waals surface area contributed by atoms with Gasteiger partial charge in [0.2, 0.25) is 0 Å². The first-order valence-corrected chi connectivity index (χ1v) is 8.66. The third kappa shape index (κ3) is 4.26. The van der Waals surface area contributed by atoms with Crippen molar-refractivity contribution in [2.75, 3.05) is 16.9 Å². The monoisotopic (exact) mass is 368 g/mol. The first kappa shape index (κ1) is 17.6. The Balaban J connectivity index is 1.83. The molecule has 1 fully saturated rings. The van der Waals surface area contributed by atoms with Crippen LogP contribution in [0, 0.1) is 0 Å². The molecule has 1 aliphatic rings. The highest BCUT2D eigenvalue weighted by Crippen LogP contribution is 2.37. The van der Waals surface area contributed by atoms with E-state index in [2.05, 4.69) is 10.6 Å². The molecule has 0 aromatic heterocycles. The summed E-state index contributed by atoms with van der Waals surface area (Å²) >= 11 is 1.58. The van der Waals surface area contributed by atoms with Gasteiger partial charge < -0.3 is 10.1 Å². The number of benzene rings is 2. The molecular formula is C17H15F3N2O2S. The van der Waals surface area contributed by atoms with Crippen molar-refractivity contribution in [3.8, 4) is 5.75 Å². The topological polar surface area (TPSA) is 50.4 Å². The minimum absolute atomic E-state index is 0.104. The number of esters is 1. The number of alkyl halides is 3. The second kappa shape index (κ2) is 7.37. The molecular weight excluding hydrogens is 353 g/mol. The second-order valence-electron chi connectivity index (χ2n) is 5.36. The van der Waals surface area contributed by atoms with Gasteiger partial charge in [-0.15, -0.1) is 11.8 Å². The van der Waals surface area contributed by atoms with Gasteiger partial charge in [0.05, 0.1) is 16.9 Å². The Morgan fingerprint density at radius 1 is 1.12 bits per heavy atom. The Hall–Kier alpha value is -2.19. The van der Waals surface area contributed by atoms with Crippen LogP contribution in [0.4, 0.5) is 24.5 Å². The Bertz CT molecular complexity index is 762. The van der Waals surface area contributed by atoms with Gasteiger partial charge >= 0.3 is 12.1 Å². The molecule has 0 unspecified atom stereocenters. The average Bonchev–Trinajstić information content (AvgIpc) is 3.11. The molecule has 4 nitrogen and oxygen atoms in total. The highest BCUT2D eigenvalue weighted by molar-refractivity contribution is 7.99. The van der Waals surface area contributed by atoms with Crippen LogP contribution in [0.25, 0.3) is 0 Å². The van der Waals surface area contributed by atoms with Gasteiger partial charge in [0.1, 0.15) is 6.04 Å². The Morgan fingerprint density at radius 2 is 1.80 bits per heavy atom. The molecule has 132 valence electrons. The largest absolute Gasteiger partial charge is 0.423 e. The summed E-state index contributed by atoms with van der Waals surface area (Å²) in [5.74, 6) is 0.996. The number of rotatable bonds is 4. The smallest absolute Gasteiger partial charge is 0.418 e. The zero-order valence-electron chi connectivity index (χ0n) is 13.0. The van der Waals surface area contributed by atoms with Crippen LogP contribution in [0.3, 0.4) is 0 Å². The number of nitrogens with one attached hydrogen (secondary N) is 2. The summed E-state index contributed by atoms with van der Waals surface area (Å²) in [5.41, 5.74) is -0.601. The van der Waals surface area contributed by atoms with Crippen LogP contribution in [-0.2, 0) is 11.0 Å². The maximum absolute atomic E-state index is 13.1. The van der Waals surface area contributed by atoms with E-state index in [0.29, 0.717) is 17.3 Å². The average molecular weight is 368 g/mol. The molecule has 2 N–H and O–H groups in total. The third-order valence-corrected chi connectivity index (χ3v) is 4.54. The molecule has 0 bridgehead atoms. The lowest BCUT2D eigenvalue weighted by atomic mass is 10.1. The van der Waals surface area contributed by atoms with Gasteiger partial charge in [-0.25, -0.2) is 4.79 Å². The van der Waals surface area contributed by atoms with E-state index in [1.807, 2.05) is 0 Å². The first-order chi connectivity index (χ1) is 11.9. The number of carbonyl (C=O) groups is 1. The summed E-state index contributed by atoms with van der Waals surface area (Å²) < 4.78 is 44.8. The van der Waals surface area contributed by atoms with E-state index in [-0.39, 0.29) is 11.4 Å². The molecule has 8 heteroatoms. The lowest BCUT2D eigenvalue weighted by Crippen LogP contribution is -2.36. The fraction of sp³-hybridized carbons (Fsp3) is 0.235. The predicted octanol–water partition coefficient (Wildman–Crippen LogP) is 4.02. The van der Waals surface area contributed by atoms with E-state index in [4.69, 9.17) is 4.74 Å². The maximum Gasteiger partial charge on any atom is 0.418 e. The van der Waals surface area contributed by atoms with E-state index in [1.165, 1.54) is 18.2 Å². The van der Waals surface area contributed by atoms with Gasteiger partial charge in [-0.3, -0.25) is 5.32 Å². The van der Waals surface area contributed by atoms with Crippen molar-refractivity contribution in [2.24, 2.45) is 0 Å². The van der Waals surface area contributed by atoms with Crippen molar-refractivity contribution in [1.29, 1.82) is 0 Å². The van der Waals surface area contributed by atoms with E-state index in [0.717, 1.165) is 6.07 Å². The van der Waals surface area contributed by atoms with Crippen LogP contribution in [0.15, 0.2) is 48.5 Å². The number of anilines is 2. The molecule has 0 amide bonds. The van der Waals surface area contributed by atoms with Crippen molar-refractivity contribution in [2.45, 2.75) is 12.2 Å². The molecule has 0 aliphatic carbocycles. The van der Waals surface area contributed by atoms with E-state index in [1.54, 1.807) is 36.0 Å². The van der Waals surface area contributed by atoms with Crippen molar-refractivity contribution in [3.63, 3.8) is 0 Å². The fourth-order valence-corrected chi connectivity index (χ4v) is 3.30. The summed E-state index contributed by atoms with van der Waals surface area (Å²) in [5, 5.41) is 5.71. The zero-order chi connectivity index (χ0) is 17.9. The van der Waals surface area contributed by atoms with Crippen LogP contribution in [0.2, 0.25) is 0 Å². The standard InChI is InChI=1S/C17H15F3N2O2S/c18-17(19,20)11-5-1-2-6-12(11)22-13-7-3-4-8-15(13)24-16(23)14-9-25-10-21-14/h1-8,14,21-22H,9-10H2/t14-/m0/s1. The minimum atomic E-state index is -4.49. The Labute approximate surface area is 146 Å². The van der Waals surface area contributed by atoms with Crippen LogP contribution in [-0.4, -0.2) is 23.6 Å². The molecule has 25 heavy (non-hydrogen) atoms. The lowest BCUT2D eigenvalue weighted by Gasteiger charge is -2.17. The Kier molecular flexibility index (Phi) is 5.19. The number of halogens is 3. The van der Waals surface area contributed by atoms with Gasteiger partial charge in [-0.2, -0.15) is 13.2 Å². The van der Waals surface area contributed by atoms with Gasteiger partial charge in [-0.1, -0.05) is 24.3 Å². The number of hydrogen-bond donors (Lipinski definition) is 2. The summed E-state index contributed by atoms with van der Waals surface area (Å²) in [6, 6.07) is 11.1. The summed E-state index contributed by atoms with van der Waals surface area (Å²) in [7, 11) is 0. The van der Waals surface area contributed by atoms with Gasteiger partial charge in [0.15, 0.2) is 5.75 Å². The number of carbonyl (C=O) groups excluding carboxylic acids is 1. The van der Waals surface area contributed by atoms with E-state index < -0.39 is 23.8 Å². The quantitative estimate of drug-likeness (QED) is 0.631. The molecule has 3 rings (SSSR count). The fourth-order valence-electron chi connectivity index (χ4n) is 2.37. The Morgan fingerprint density at radius 3 is 2.48 bits per heavy atom. The highest BCUT2D eigenvalue weighted by atomic mass is 32.2. The predicted molar refractivity (Wildman–Crippen MR) is 91.1 cm³/mol. The number of hydrogen-bond acceptors (Lipinski definition) is 5. The minimum Gasteiger partial charge on any atom is -0.423 e. The maximum atomic E-state index is 13.1. The highest BCUT2D eigenvalue weighted by Gasteiger charge is 2.33. The number of ether oxygens (including phenoxy) is 1. The van der Waals surface area contributed by atoms with E-state index >= 15 is 0 Å². The number of thioether (sulfide) groups is 1. The SMILES string of the molecule is O=C(Oc1ccccc1Nc1ccccc1C(F)(F)F)[C@@H]1CSCN1. The van der Waals surface area contributed by atoms with Crippen LogP contribution < -0.4 is 15.4 Å². The second-order valence-corrected chi connectivity index (χ2v) is 6.39. The molecule has 1 saturated heterocycles. The summed E-state index contributed by atoms with van der Waals surface area (Å²) in [6.07, 6.45) is -4.49. The zero-order valence-corrected chi connectivity index (χ0v) is 13.8. The molecule has 1 aliphatic heterocycles. The third-order valence-electron chi connectivity index (χ3n) is 3.60. The molecule has 0 radical (unpaired) electrons. The van der Waals surface area contributed by atoms with Crippen molar-refractivity contribution in [1.82, 2.24) is 5.32 Å². The summed E-state index contributed by atoms with van der Waals surface area (Å²) in [6.45, 7) is 0. The molecule has 1 heterocycles. The summed E-state index contributed by atoms with van der Waals surface area (Å²) in [4.78, 5) is 12.1. The van der Waals surface area contributed by atoms with Crippen molar-refractivity contribution >= 4 is 29.1 Å². The first-order valence-electron chi connectivity index (χ1n) is 7.50. The molecule has 0 saturated carbocycles. The van der Waals surface area contributed by atoms with Crippen molar-refractivity contribution in [3.05, 3.63) is 54.1 Å². The molecule has 1 atom stereocenters. The van der Waals surface area contributed by atoms with Crippen LogP contribution in [0.1, 0.15) is 5.56 Å². The molecule has 2 aromatic carbocycles. The lowest BCUT2D eigenvalue weighted by molar-refractivity contribution is -0.137. The van der Waals surface area contributed by atoms with Gasteiger partial charge in [-0.05, 0) is 24.3 Å². The van der Waals surface area contributed by atoms with E-state index in [9.17, 15) is 18.0 Å². The van der Waals surface area contributed by atoms with Crippen LogP contribution in [0.5, 0.6) is 5.75 Å². The van der Waals surface area contributed by atoms with Gasteiger partial charge in [0.25, 0.3) is 0 Å². The van der Waals surface area contributed by atoms with Crippen LogP contribution >= 0.6 is 11.8 Å². The number of para-hydroxylation sites is 3. The van der Waals surface area contributed by atoms with Gasteiger partial charge in [0, 0.05) is 11.6 Å². The normalized spacial score (nSPS) is 17.3. The van der Waals surface area contributed by atoms with Crippen molar-refractivity contribution < 1.29 is 22.7 Å². The molecule has 2 aromatic rings. The molecule has 0 spiro atoms.